The Kier molecular flexibility index (Phi) is 7.74. The molecular weight excluding hydrogens is 304 g/mol. The maximum Gasteiger partial charge on any atom is 0.244 e. The van der Waals surface area contributed by atoms with Crippen molar-refractivity contribution in [2.45, 2.75) is 32.6 Å². The van der Waals surface area contributed by atoms with Gasteiger partial charge in [0.25, 0.3) is 0 Å². The third-order valence-corrected chi connectivity index (χ3v) is 3.47. The maximum atomic E-state index is 12.0. The standard InChI is InChI=1S/C16H23ClN2O3/c1-4-5-6-7-16(21)19(2)11-15(20)18-13-10-12(17)8-9-14(13)22-3/h8-10H,4-7,11H2,1-3H3,(H,18,20). The van der Waals surface area contributed by atoms with E-state index in [0.717, 1.165) is 19.3 Å². The molecule has 0 unspecified atom stereocenters. The number of carbonyl (C=O) groups excluding carboxylic acids is 2. The minimum atomic E-state index is -0.285. The van der Waals surface area contributed by atoms with Crippen LogP contribution in [-0.4, -0.2) is 37.4 Å². The van der Waals surface area contributed by atoms with Crippen LogP contribution < -0.4 is 10.1 Å². The Balaban J connectivity index is 2.55. The number of halogens is 1. The van der Waals surface area contributed by atoms with Crippen LogP contribution in [0.1, 0.15) is 32.6 Å². The third-order valence-electron chi connectivity index (χ3n) is 3.24. The van der Waals surface area contributed by atoms with Crippen molar-refractivity contribution in [3.8, 4) is 5.75 Å². The van der Waals surface area contributed by atoms with Gasteiger partial charge in [-0.1, -0.05) is 31.4 Å². The second-order valence-electron chi connectivity index (χ2n) is 5.10. The highest BCUT2D eigenvalue weighted by atomic mass is 35.5. The van der Waals surface area contributed by atoms with Gasteiger partial charge in [0.15, 0.2) is 0 Å². The average Bonchev–Trinajstić information content (AvgIpc) is 2.47. The fraction of sp³-hybridized carbons (Fsp3) is 0.500. The number of benzene rings is 1. The van der Waals surface area contributed by atoms with E-state index in [9.17, 15) is 9.59 Å². The topological polar surface area (TPSA) is 58.6 Å². The molecular formula is C16H23ClN2O3. The summed E-state index contributed by atoms with van der Waals surface area (Å²) in [6, 6.07) is 4.97. The molecule has 0 aliphatic heterocycles. The summed E-state index contributed by atoms with van der Waals surface area (Å²) in [4.78, 5) is 25.3. The molecule has 6 heteroatoms. The second-order valence-corrected chi connectivity index (χ2v) is 5.54. The Labute approximate surface area is 136 Å². The van der Waals surface area contributed by atoms with E-state index < -0.39 is 0 Å². The number of unbranched alkanes of at least 4 members (excludes halogenated alkanes) is 2. The first kappa shape index (κ1) is 18.3. The Morgan fingerprint density at radius 1 is 1.32 bits per heavy atom. The molecule has 0 aliphatic rings. The molecule has 122 valence electrons. The van der Waals surface area contributed by atoms with E-state index in [4.69, 9.17) is 16.3 Å². The lowest BCUT2D eigenvalue weighted by Crippen LogP contribution is -2.34. The van der Waals surface area contributed by atoms with Crippen molar-refractivity contribution < 1.29 is 14.3 Å². The molecule has 22 heavy (non-hydrogen) atoms. The molecule has 0 heterocycles. The zero-order valence-electron chi connectivity index (χ0n) is 13.3. The van der Waals surface area contributed by atoms with Gasteiger partial charge in [0.2, 0.25) is 11.8 Å². The highest BCUT2D eigenvalue weighted by Gasteiger charge is 2.14. The SMILES string of the molecule is CCCCCC(=O)N(C)CC(=O)Nc1cc(Cl)ccc1OC. The number of ether oxygens (including phenoxy) is 1. The molecule has 0 atom stereocenters. The van der Waals surface area contributed by atoms with E-state index in [1.165, 1.54) is 12.0 Å². The van der Waals surface area contributed by atoms with Crippen LogP contribution in [0.2, 0.25) is 5.02 Å². The van der Waals surface area contributed by atoms with Crippen LogP contribution in [0.5, 0.6) is 5.75 Å². The fourth-order valence-corrected chi connectivity index (χ4v) is 2.16. The van der Waals surface area contributed by atoms with Gasteiger partial charge < -0.3 is 15.0 Å². The number of anilines is 1. The van der Waals surface area contributed by atoms with E-state index in [2.05, 4.69) is 12.2 Å². The van der Waals surface area contributed by atoms with Crippen molar-refractivity contribution in [3.63, 3.8) is 0 Å². The number of nitrogens with zero attached hydrogens (tertiary/aromatic N) is 1. The summed E-state index contributed by atoms with van der Waals surface area (Å²) in [5, 5.41) is 3.21. The van der Waals surface area contributed by atoms with E-state index in [1.807, 2.05) is 0 Å². The largest absolute Gasteiger partial charge is 0.495 e. The van der Waals surface area contributed by atoms with Gasteiger partial charge in [-0.2, -0.15) is 0 Å². The van der Waals surface area contributed by atoms with Crippen LogP contribution >= 0.6 is 11.6 Å². The first-order valence-corrected chi connectivity index (χ1v) is 7.73. The molecule has 1 aromatic rings. The number of likely N-dealkylation sites (N-methyl/N-ethyl adjacent to an activating group) is 1. The summed E-state index contributed by atoms with van der Waals surface area (Å²) in [7, 11) is 3.14. The Morgan fingerprint density at radius 2 is 2.05 bits per heavy atom. The molecule has 1 aromatic carbocycles. The molecule has 5 nitrogen and oxygen atoms in total. The predicted molar refractivity (Wildman–Crippen MR) is 88.4 cm³/mol. The minimum absolute atomic E-state index is 0.000621. The van der Waals surface area contributed by atoms with Crippen molar-refractivity contribution >= 4 is 29.1 Å². The molecule has 1 N–H and O–H groups in total. The van der Waals surface area contributed by atoms with Gasteiger partial charge in [0.1, 0.15) is 5.75 Å². The van der Waals surface area contributed by atoms with Crippen LogP contribution in [0.15, 0.2) is 18.2 Å². The smallest absolute Gasteiger partial charge is 0.244 e. The number of nitrogens with one attached hydrogen (secondary N) is 1. The lowest BCUT2D eigenvalue weighted by atomic mass is 10.2. The zero-order chi connectivity index (χ0) is 16.5. The Bertz CT molecular complexity index is 520. The van der Waals surface area contributed by atoms with Crippen LogP contribution in [0.25, 0.3) is 0 Å². The molecule has 0 radical (unpaired) electrons. The van der Waals surface area contributed by atoms with Gasteiger partial charge in [-0.15, -0.1) is 0 Å². The molecule has 1 rings (SSSR count). The Morgan fingerprint density at radius 3 is 2.68 bits per heavy atom. The van der Waals surface area contributed by atoms with E-state index in [1.54, 1.807) is 25.2 Å². The maximum absolute atomic E-state index is 12.0. The fourth-order valence-electron chi connectivity index (χ4n) is 1.99. The minimum Gasteiger partial charge on any atom is -0.495 e. The molecule has 0 bridgehead atoms. The summed E-state index contributed by atoms with van der Waals surface area (Å²) >= 11 is 5.91. The van der Waals surface area contributed by atoms with Crippen LogP contribution in [-0.2, 0) is 9.59 Å². The summed E-state index contributed by atoms with van der Waals surface area (Å²) in [6.07, 6.45) is 3.40. The normalized spacial score (nSPS) is 10.2. The van der Waals surface area contributed by atoms with Gasteiger partial charge in [-0.25, -0.2) is 0 Å². The highest BCUT2D eigenvalue weighted by Crippen LogP contribution is 2.27. The van der Waals surface area contributed by atoms with Crippen molar-refractivity contribution in [2.75, 3.05) is 26.0 Å². The van der Waals surface area contributed by atoms with Crippen LogP contribution in [0.4, 0.5) is 5.69 Å². The summed E-state index contributed by atoms with van der Waals surface area (Å²) in [5.74, 6) is 0.211. The number of methoxy groups -OCH3 is 1. The lowest BCUT2D eigenvalue weighted by Gasteiger charge is -2.17. The summed E-state index contributed by atoms with van der Waals surface area (Å²) in [5.41, 5.74) is 0.492. The predicted octanol–water partition coefficient (Wildman–Crippen LogP) is 3.33. The van der Waals surface area contributed by atoms with Crippen molar-refractivity contribution in [3.05, 3.63) is 23.2 Å². The monoisotopic (exact) mass is 326 g/mol. The molecule has 0 aromatic heterocycles. The number of hydrogen-bond acceptors (Lipinski definition) is 3. The number of amides is 2. The summed E-state index contributed by atoms with van der Waals surface area (Å²) in [6.45, 7) is 2.08. The number of rotatable bonds is 8. The quantitative estimate of drug-likeness (QED) is 0.745. The first-order chi connectivity index (χ1) is 10.5. The molecule has 0 spiro atoms. The van der Waals surface area contributed by atoms with Gasteiger partial charge in [-0.3, -0.25) is 9.59 Å². The number of hydrogen-bond donors (Lipinski definition) is 1. The molecule has 0 fully saturated rings. The van der Waals surface area contributed by atoms with Crippen molar-refractivity contribution in [1.29, 1.82) is 0 Å². The third kappa shape index (κ3) is 5.93. The van der Waals surface area contributed by atoms with Crippen LogP contribution in [0, 0.1) is 0 Å². The average molecular weight is 327 g/mol. The van der Waals surface area contributed by atoms with Gasteiger partial charge in [-0.05, 0) is 24.6 Å². The summed E-state index contributed by atoms with van der Waals surface area (Å²) < 4.78 is 5.17. The van der Waals surface area contributed by atoms with Crippen molar-refractivity contribution in [2.24, 2.45) is 0 Å². The Hall–Kier alpha value is -1.75. The van der Waals surface area contributed by atoms with E-state index in [0.29, 0.717) is 22.9 Å². The zero-order valence-corrected chi connectivity index (χ0v) is 14.1. The number of carbonyl (C=O) groups is 2. The van der Waals surface area contributed by atoms with Gasteiger partial charge in [0, 0.05) is 18.5 Å². The van der Waals surface area contributed by atoms with E-state index >= 15 is 0 Å². The van der Waals surface area contributed by atoms with E-state index in [-0.39, 0.29) is 18.4 Å². The molecule has 0 saturated heterocycles. The second kappa shape index (κ2) is 9.30. The van der Waals surface area contributed by atoms with Gasteiger partial charge >= 0.3 is 0 Å². The highest BCUT2D eigenvalue weighted by molar-refractivity contribution is 6.31. The van der Waals surface area contributed by atoms with Crippen LogP contribution in [0.3, 0.4) is 0 Å². The van der Waals surface area contributed by atoms with Crippen molar-refractivity contribution in [1.82, 2.24) is 4.90 Å². The first-order valence-electron chi connectivity index (χ1n) is 7.35. The molecule has 0 aliphatic carbocycles. The molecule has 0 saturated carbocycles. The van der Waals surface area contributed by atoms with Gasteiger partial charge in [0.05, 0.1) is 19.3 Å². The lowest BCUT2D eigenvalue weighted by molar-refractivity contribution is -0.133. The molecule has 2 amide bonds.